The summed E-state index contributed by atoms with van der Waals surface area (Å²) in [5.41, 5.74) is -0.101. The summed E-state index contributed by atoms with van der Waals surface area (Å²) in [7, 11) is 4.40. The minimum Gasteiger partial charge on any atom is -0.380 e. The van der Waals surface area contributed by atoms with E-state index in [0.717, 1.165) is 16.3 Å². The van der Waals surface area contributed by atoms with E-state index in [1.807, 2.05) is 0 Å². The lowest BCUT2D eigenvalue weighted by Crippen LogP contribution is -2.37. The number of anilines is 1. The van der Waals surface area contributed by atoms with Gasteiger partial charge in [0.05, 0.1) is 23.4 Å². The fourth-order valence-corrected chi connectivity index (χ4v) is 3.82. The Hall–Kier alpha value is -2.98. The molecule has 3 aromatic rings. The van der Waals surface area contributed by atoms with E-state index in [4.69, 9.17) is 4.74 Å². The maximum atomic E-state index is 13.7. The number of aromatic nitrogens is 3. The summed E-state index contributed by atoms with van der Waals surface area (Å²) in [5, 5.41) is 2.74. The van der Waals surface area contributed by atoms with Gasteiger partial charge in [-0.2, -0.15) is 0 Å². The number of carbonyl (C=O) groups is 1. The Kier molecular flexibility index (Phi) is 6.14. The average molecular weight is 418 g/mol. The van der Waals surface area contributed by atoms with Crippen LogP contribution in [0.25, 0.3) is 11.0 Å². The molecule has 0 unspecified atom stereocenters. The van der Waals surface area contributed by atoms with Gasteiger partial charge < -0.3 is 10.1 Å². The first-order chi connectivity index (χ1) is 13.8. The topological polar surface area (TPSA) is 95.2 Å². The molecule has 1 aromatic carbocycles. The predicted octanol–water partition coefficient (Wildman–Crippen LogP) is 1.65. The normalized spacial score (nSPS) is 11.0. The van der Waals surface area contributed by atoms with Gasteiger partial charge in [0, 0.05) is 37.9 Å². The first-order valence-electron chi connectivity index (χ1n) is 8.58. The van der Waals surface area contributed by atoms with E-state index >= 15 is 0 Å². The molecule has 0 atom stereocenters. The number of fused-ring (bicyclic) bond motifs is 1. The quantitative estimate of drug-likeness (QED) is 0.612. The summed E-state index contributed by atoms with van der Waals surface area (Å²) in [6.45, 7) is 0.173. The number of hydrogen-bond acceptors (Lipinski definition) is 6. The summed E-state index contributed by atoms with van der Waals surface area (Å²) in [4.78, 5) is 42.0. The molecule has 10 heteroatoms. The minimum absolute atomic E-state index is 0.0733. The predicted molar refractivity (Wildman–Crippen MR) is 109 cm³/mol. The highest BCUT2D eigenvalue weighted by molar-refractivity contribution is 8.00. The maximum absolute atomic E-state index is 13.7. The Morgan fingerprint density at radius 3 is 2.66 bits per heavy atom. The van der Waals surface area contributed by atoms with Crippen molar-refractivity contribution in [3.63, 3.8) is 0 Å². The van der Waals surface area contributed by atoms with Gasteiger partial charge in [0.25, 0.3) is 5.56 Å². The van der Waals surface area contributed by atoms with Gasteiger partial charge in [-0.3, -0.25) is 18.7 Å². The second-order valence-electron chi connectivity index (χ2n) is 6.27. The standard InChI is InChI=1S/C19H19FN4O4S/c1-23-17-15(18(26)24(2)19(23)27)16(11(8-21-17)9-28-3)29-10-14(25)22-13-7-5-4-6-12(13)20/h4-8H,9-10H2,1-3H3,(H,22,25). The monoisotopic (exact) mass is 418 g/mol. The molecule has 3 rings (SSSR count). The SMILES string of the molecule is COCc1cnc2c(c1SCC(=O)Nc1ccccc1F)c(=O)n(C)c(=O)n2C. The number of halogens is 1. The van der Waals surface area contributed by atoms with E-state index in [1.165, 1.54) is 50.2 Å². The van der Waals surface area contributed by atoms with Crippen LogP contribution in [0.4, 0.5) is 10.1 Å². The summed E-state index contributed by atoms with van der Waals surface area (Å²) < 4.78 is 21.2. The first kappa shape index (κ1) is 20.7. The molecule has 1 N–H and O–H groups in total. The van der Waals surface area contributed by atoms with Crippen LogP contribution in [0, 0.1) is 5.82 Å². The average Bonchev–Trinajstić information content (AvgIpc) is 2.71. The highest BCUT2D eigenvalue weighted by Crippen LogP contribution is 2.28. The molecular formula is C19H19FN4O4S. The van der Waals surface area contributed by atoms with Gasteiger partial charge in [0.1, 0.15) is 11.5 Å². The lowest BCUT2D eigenvalue weighted by atomic mass is 10.2. The molecule has 29 heavy (non-hydrogen) atoms. The molecule has 0 bridgehead atoms. The number of nitrogens with one attached hydrogen (secondary N) is 1. The largest absolute Gasteiger partial charge is 0.380 e. The van der Waals surface area contributed by atoms with Crippen molar-refractivity contribution in [1.29, 1.82) is 0 Å². The van der Waals surface area contributed by atoms with E-state index in [1.54, 1.807) is 6.07 Å². The van der Waals surface area contributed by atoms with Gasteiger partial charge in [-0.05, 0) is 12.1 Å². The molecule has 0 aliphatic heterocycles. The van der Waals surface area contributed by atoms with Crippen LogP contribution in [0.2, 0.25) is 0 Å². The van der Waals surface area contributed by atoms with Gasteiger partial charge in [-0.1, -0.05) is 12.1 Å². The van der Waals surface area contributed by atoms with Crippen LogP contribution in [0.5, 0.6) is 0 Å². The number of para-hydroxylation sites is 1. The van der Waals surface area contributed by atoms with Crippen LogP contribution in [0.3, 0.4) is 0 Å². The smallest absolute Gasteiger partial charge is 0.332 e. The van der Waals surface area contributed by atoms with Crippen LogP contribution in [0.15, 0.2) is 44.9 Å². The van der Waals surface area contributed by atoms with Crippen molar-refractivity contribution in [2.45, 2.75) is 11.5 Å². The van der Waals surface area contributed by atoms with Crippen LogP contribution in [-0.4, -0.2) is 32.9 Å². The summed E-state index contributed by atoms with van der Waals surface area (Å²) in [6.07, 6.45) is 1.52. The molecule has 2 aromatic heterocycles. The van der Waals surface area contributed by atoms with Crippen molar-refractivity contribution in [1.82, 2.24) is 14.1 Å². The van der Waals surface area contributed by atoms with Crippen molar-refractivity contribution >= 4 is 34.4 Å². The molecule has 2 heterocycles. The second-order valence-corrected chi connectivity index (χ2v) is 7.25. The first-order valence-corrected chi connectivity index (χ1v) is 9.57. The molecule has 0 saturated heterocycles. The molecule has 0 fully saturated rings. The molecule has 152 valence electrons. The van der Waals surface area contributed by atoms with E-state index in [0.29, 0.717) is 10.5 Å². The zero-order valence-electron chi connectivity index (χ0n) is 16.1. The van der Waals surface area contributed by atoms with Crippen molar-refractivity contribution in [3.05, 3.63) is 62.7 Å². The number of aryl methyl sites for hydroxylation is 1. The van der Waals surface area contributed by atoms with Crippen molar-refractivity contribution in [2.24, 2.45) is 14.1 Å². The van der Waals surface area contributed by atoms with Crippen molar-refractivity contribution in [3.8, 4) is 0 Å². The number of rotatable bonds is 6. The highest BCUT2D eigenvalue weighted by atomic mass is 32.2. The Morgan fingerprint density at radius 2 is 1.97 bits per heavy atom. The summed E-state index contributed by atoms with van der Waals surface area (Å²) in [6, 6.07) is 5.85. The lowest BCUT2D eigenvalue weighted by Gasteiger charge is -2.14. The molecule has 0 radical (unpaired) electrons. The molecule has 0 aliphatic carbocycles. The number of methoxy groups -OCH3 is 1. The summed E-state index contributed by atoms with van der Waals surface area (Å²) in [5.74, 6) is -1.05. The number of benzene rings is 1. The van der Waals surface area contributed by atoms with Crippen LogP contribution < -0.4 is 16.6 Å². The number of thioether (sulfide) groups is 1. The zero-order chi connectivity index (χ0) is 21.1. The van der Waals surface area contributed by atoms with Gasteiger partial charge in [0.15, 0.2) is 0 Å². The second kappa shape index (κ2) is 8.58. The van der Waals surface area contributed by atoms with E-state index in [-0.39, 0.29) is 29.1 Å². The van der Waals surface area contributed by atoms with Gasteiger partial charge >= 0.3 is 5.69 Å². The number of pyridine rings is 1. The maximum Gasteiger partial charge on any atom is 0.332 e. The molecule has 8 nitrogen and oxygen atoms in total. The number of hydrogen-bond donors (Lipinski definition) is 1. The Bertz CT molecular complexity index is 1210. The van der Waals surface area contributed by atoms with Crippen molar-refractivity contribution < 1.29 is 13.9 Å². The van der Waals surface area contributed by atoms with Crippen LogP contribution >= 0.6 is 11.8 Å². The van der Waals surface area contributed by atoms with E-state index in [2.05, 4.69) is 10.3 Å². The number of ether oxygens (including phenoxy) is 1. The fourth-order valence-electron chi connectivity index (χ4n) is 2.85. The Labute approximate surface area is 169 Å². The zero-order valence-corrected chi connectivity index (χ0v) is 16.9. The minimum atomic E-state index is -0.538. The molecular weight excluding hydrogens is 399 g/mol. The van der Waals surface area contributed by atoms with Crippen LogP contribution in [0.1, 0.15) is 5.56 Å². The van der Waals surface area contributed by atoms with Crippen molar-refractivity contribution in [2.75, 3.05) is 18.2 Å². The fraction of sp³-hybridized carbons (Fsp3) is 0.263. The number of carbonyl (C=O) groups excluding carboxylic acids is 1. The molecule has 0 saturated carbocycles. The third-order valence-electron chi connectivity index (χ3n) is 4.29. The molecule has 0 spiro atoms. The van der Waals surface area contributed by atoms with E-state index in [9.17, 15) is 18.8 Å². The number of amides is 1. The number of nitrogens with zero attached hydrogens (tertiary/aromatic N) is 3. The van der Waals surface area contributed by atoms with E-state index < -0.39 is 23.0 Å². The molecule has 1 amide bonds. The molecule has 0 aliphatic rings. The summed E-state index contributed by atoms with van der Waals surface area (Å²) >= 11 is 1.10. The third-order valence-corrected chi connectivity index (χ3v) is 5.45. The highest BCUT2D eigenvalue weighted by Gasteiger charge is 2.19. The third kappa shape index (κ3) is 4.08. The Morgan fingerprint density at radius 1 is 1.24 bits per heavy atom. The van der Waals surface area contributed by atoms with Crippen LogP contribution in [-0.2, 0) is 30.2 Å². The Balaban J connectivity index is 2.00. The van der Waals surface area contributed by atoms with Gasteiger partial charge in [-0.25, -0.2) is 14.2 Å². The van der Waals surface area contributed by atoms with Gasteiger partial charge in [-0.15, -0.1) is 11.8 Å². The van der Waals surface area contributed by atoms with Gasteiger partial charge in [0.2, 0.25) is 5.91 Å². The lowest BCUT2D eigenvalue weighted by molar-refractivity contribution is -0.113.